The third-order valence-electron chi connectivity index (χ3n) is 2.40. The second kappa shape index (κ2) is 5.26. The van der Waals surface area contributed by atoms with Crippen LogP contribution in [0.5, 0.6) is 0 Å². The molecular weight excluding hydrogens is 234 g/mol. The molecule has 0 saturated heterocycles. The van der Waals surface area contributed by atoms with Crippen LogP contribution in [0.3, 0.4) is 0 Å². The highest BCUT2D eigenvalue weighted by Crippen LogP contribution is 2.05. The molecule has 0 bridgehead atoms. The molecule has 0 unspecified atom stereocenters. The van der Waals surface area contributed by atoms with Crippen molar-refractivity contribution in [2.24, 2.45) is 0 Å². The van der Waals surface area contributed by atoms with Crippen LogP contribution in [-0.4, -0.2) is 37.1 Å². The predicted octanol–water partition coefficient (Wildman–Crippen LogP) is 0.792. The summed E-state index contributed by atoms with van der Waals surface area (Å²) in [7, 11) is 0. The fourth-order valence-electron chi connectivity index (χ4n) is 1.48. The highest BCUT2D eigenvalue weighted by Gasteiger charge is 2.06. The Kier molecular flexibility index (Phi) is 3.52. The monoisotopic (exact) mass is 247 g/mol. The summed E-state index contributed by atoms with van der Waals surface area (Å²) in [5.41, 5.74) is 0.875. The first-order chi connectivity index (χ1) is 8.66. The number of aromatic carboxylic acids is 1. The molecule has 0 aliphatic heterocycles. The second-order valence-electron chi connectivity index (χ2n) is 3.72. The molecule has 0 spiro atoms. The van der Waals surface area contributed by atoms with E-state index in [0.717, 1.165) is 11.5 Å². The van der Waals surface area contributed by atoms with Gasteiger partial charge in [-0.05, 0) is 6.92 Å². The zero-order chi connectivity index (χ0) is 13.0. The van der Waals surface area contributed by atoms with Crippen LogP contribution in [0.1, 0.15) is 16.2 Å². The molecule has 0 aliphatic rings. The lowest BCUT2D eigenvalue weighted by molar-refractivity contribution is 0.0691. The highest BCUT2D eigenvalue weighted by molar-refractivity contribution is 5.84. The minimum atomic E-state index is -1.02. The summed E-state index contributed by atoms with van der Waals surface area (Å²) >= 11 is 0. The number of anilines is 1. The Morgan fingerprint density at radius 1 is 1.39 bits per heavy atom. The van der Waals surface area contributed by atoms with E-state index < -0.39 is 5.97 Å². The van der Waals surface area contributed by atoms with Crippen molar-refractivity contribution in [3.63, 3.8) is 0 Å². The largest absolute Gasteiger partial charge is 0.476 e. The molecule has 0 fully saturated rings. The van der Waals surface area contributed by atoms with Gasteiger partial charge in [0.2, 0.25) is 0 Å². The number of nitrogens with zero attached hydrogens (tertiary/aromatic N) is 4. The molecule has 18 heavy (non-hydrogen) atoms. The third-order valence-corrected chi connectivity index (χ3v) is 2.40. The SMILES string of the molecule is Cc1nccnc1NCCn1cnc(C(=O)O)c1. The van der Waals surface area contributed by atoms with Crippen LogP contribution < -0.4 is 5.32 Å². The number of aryl methyl sites for hydroxylation is 1. The Morgan fingerprint density at radius 3 is 2.83 bits per heavy atom. The van der Waals surface area contributed by atoms with Crippen LogP contribution >= 0.6 is 0 Å². The van der Waals surface area contributed by atoms with Gasteiger partial charge in [0, 0.05) is 31.7 Å². The van der Waals surface area contributed by atoms with E-state index in [2.05, 4.69) is 20.3 Å². The number of carboxylic acid groups (broad SMARTS) is 1. The number of rotatable bonds is 5. The molecular formula is C11H13N5O2. The van der Waals surface area contributed by atoms with E-state index in [0.29, 0.717) is 13.1 Å². The maximum atomic E-state index is 10.6. The van der Waals surface area contributed by atoms with Crippen LogP contribution in [-0.2, 0) is 6.54 Å². The van der Waals surface area contributed by atoms with Crippen LogP contribution in [0.2, 0.25) is 0 Å². The number of carboxylic acids is 1. The van der Waals surface area contributed by atoms with E-state index >= 15 is 0 Å². The average molecular weight is 247 g/mol. The molecule has 2 aromatic rings. The van der Waals surface area contributed by atoms with E-state index in [9.17, 15) is 4.79 Å². The van der Waals surface area contributed by atoms with Gasteiger partial charge in [-0.2, -0.15) is 0 Å². The Balaban J connectivity index is 1.88. The summed E-state index contributed by atoms with van der Waals surface area (Å²) in [6.07, 6.45) is 6.24. The predicted molar refractivity (Wildman–Crippen MR) is 64.4 cm³/mol. The van der Waals surface area contributed by atoms with Gasteiger partial charge in [-0.25, -0.2) is 14.8 Å². The van der Waals surface area contributed by atoms with Gasteiger partial charge in [-0.3, -0.25) is 4.98 Å². The zero-order valence-electron chi connectivity index (χ0n) is 9.87. The third kappa shape index (κ3) is 2.82. The van der Waals surface area contributed by atoms with E-state index in [1.807, 2.05) is 6.92 Å². The Morgan fingerprint density at radius 2 is 2.17 bits per heavy atom. The quantitative estimate of drug-likeness (QED) is 0.811. The first kappa shape index (κ1) is 12.0. The van der Waals surface area contributed by atoms with Crippen molar-refractivity contribution in [2.75, 3.05) is 11.9 Å². The lowest BCUT2D eigenvalue weighted by Crippen LogP contribution is -2.11. The number of hydrogen-bond donors (Lipinski definition) is 2. The summed E-state index contributed by atoms with van der Waals surface area (Å²) in [4.78, 5) is 22.7. The molecule has 7 heteroatoms. The van der Waals surface area contributed by atoms with Gasteiger partial charge in [0.15, 0.2) is 5.69 Å². The van der Waals surface area contributed by atoms with E-state index in [-0.39, 0.29) is 5.69 Å². The number of imidazole rings is 1. The molecule has 2 N–H and O–H groups in total. The minimum absolute atomic E-state index is 0.0469. The van der Waals surface area contributed by atoms with Crippen molar-refractivity contribution in [1.82, 2.24) is 19.5 Å². The molecule has 0 radical (unpaired) electrons. The maximum absolute atomic E-state index is 10.6. The van der Waals surface area contributed by atoms with Gasteiger partial charge < -0.3 is 15.0 Å². The first-order valence-electron chi connectivity index (χ1n) is 5.43. The molecule has 0 amide bonds. The summed E-state index contributed by atoms with van der Waals surface area (Å²) in [6, 6.07) is 0. The van der Waals surface area contributed by atoms with Crippen molar-refractivity contribution in [2.45, 2.75) is 13.5 Å². The lowest BCUT2D eigenvalue weighted by Gasteiger charge is -2.07. The summed E-state index contributed by atoms with van der Waals surface area (Å²) in [5, 5.41) is 11.9. The maximum Gasteiger partial charge on any atom is 0.356 e. The Hall–Kier alpha value is -2.44. The van der Waals surface area contributed by atoms with Gasteiger partial charge >= 0.3 is 5.97 Å². The van der Waals surface area contributed by atoms with Gasteiger partial charge in [0.05, 0.1) is 12.0 Å². The Bertz CT molecular complexity index is 552. The fraction of sp³-hybridized carbons (Fsp3) is 0.273. The number of nitrogens with one attached hydrogen (secondary N) is 1. The van der Waals surface area contributed by atoms with Crippen molar-refractivity contribution in [1.29, 1.82) is 0 Å². The summed E-state index contributed by atoms with van der Waals surface area (Å²) in [6.45, 7) is 3.10. The second-order valence-corrected chi connectivity index (χ2v) is 3.72. The lowest BCUT2D eigenvalue weighted by atomic mass is 10.4. The first-order valence-corrected chi connectivity index (χ1v) is 5.43. The van der Waals surface area contributed by atoms with Crippen LogP contribution in [0, 0.1) is 6.92 Å². The van der Waals surface area contributed by atoms with Gasteiger partial charge in [-0.15, -0.1) is 0 Å². The molecule has 94 valence electrons. The highest BCUT2D eigenvalue weighted by atomic mass is 16.4. The van der Waals surface area contributed by atoms with Crippen LogP contribution in [0.25, 0.3) is 0 Å². The molecule has 2 rings (SSSR count). The smallest absolute Gasteiger partial charge is 0.356 e. The van der Waals surface area contributed by atoms with Gasteiger partial charge in [-0.1, -0.05) is 0 Å². The topological polar surface area (TPSA) is 92.9 Å². The normalized spacial score (nSPS) is 10.3. The van der Waals surface area contributed by atoms with Crippen molar-refractivity contribution < 1.29 is 9.90 Å². The number of aromatic nitrogens is 4. The minimum Gasteiger partial charge on any atom is -0.476 e. The molecule has 0 atom stereocenters. The van der Waals surface area contributed by atoms with Crippen molar-refractivity contribution in [3.05, 3.63) is 36.3 Å². The number of carbonyl (C=O) groups is 1. The van der Waals surface area contributed by atoms with Gasteiger partial charge in [0.25, 0.3) is 0 Å². The molecule has 0 aromatic carbocycles. The van der Waals surface area contributed by atoms with Crippen LogP contribution in [0.4, 0.5) is 5.82 Å². The van der Waals surface area contributed by atoms with E-state index in [4.69, 9.17) is 5.11 Å². The summed E-state index contributed by atoms with van der Waals surface area (Å²) in [5.74, 6) is -0.289. The average Bonchev–Trinajstić information content (AvgIpc) is 2.80. The molecule has 7 nitrogen and oxygen atoms in total. The van der Waals surface area contributed by atoms with E-state index in [1.165, 1.54) is 12.5 Å². The standard InChI is InChI=1S/C11H13N5O2/c1-8-10(13-3-2-12-8)14-4-5-16-6-9(11(17)18)15-7-16/h2-3,6-7H,4-5H2,1H3,(H,13,14)(H,17,18). The zero-order valence-corrected chi connectivity index (χ0v) is 9.87. The number of hydrogen-bond acceptors (Lipinski definition) is 5. The molecule has 0 saturated carbocycles. The van der Waals surface area contributed by atoms with Gasteiger partial charge in [0.1, 0.15) is 5.82 Å². The fourth-order valence-corrected chi connectivity index (χ4v) is 1.48. The Labute approximate surface area is 104 Å². The van der Waals surface area contributed by atoms with Crippen LogP contribution in [0.15, 0.2) is 24.9 Å². The van der Waals surface area contributed by atoms with Crippen molar-refractivity contribution in [3.8, 4) is 0 Å². The molecule has 2 heterocycles. The van der Waals surface area contributed by atoms with Crippen molar-refractivity contribution >= 4 is 11.8 Å². The molecule has 0 aliphatic carbocycles. The summed E-state index contributed by atoms with van der Waals surface area (Å²) < 4.78 is 1.71. The molecule has 2 aromatic heterocycles. The van der Waals surface area contributed by atoms with E-state index in [1.54, 1.807) is 17.0 Å².